The van der Waals surface area contributed by atoms with Crippen LogP contribution in [0.1, 0.15) is 18.2 Å². The molecule has 1 aliphatic heterocycles. The van der Waals surface area contributed by atoms with E-state index in [2.05, 4.69) is 9.38 Å². The summed E-state index contributed by atoms with van der Waals surface area (Å²) in [6, 6.07) is 13.2. The van der Waals surface area contributed by atoms with E-state index in [-0.39, 0.29) is 35.7 Å². The number of benzene rings is 1. The fraction of sp³-hybridized carbons (Fsp3) is 0.182. The fourth-order valence-corrected chi connectivity index (χ4v) is 4.31. The molecule has 33 heavy (non-hydrogen) atoms. The van der Waals surface area contributed by atoms with E-state index in [0.717, 1.165) is 4.31 Å². The van der Waals surface area contributed by atoms with Crippen LogP contribution in [0.3, 0.4) is 0 Å². The van der Waals surface area contributed by atoms with E-state index in [4.69, 9.17) is 9.47 Å². The molecule has 0 radical (unpaired) electrons. The molecule has 0 bridgehead atoms. The minimum atomic E-state index is -4.00. The second-order valence-electron chi connectivity index (χ2n) is 7.18. The van der Waals surface area contributed by atoms with Crippen molar-refractivity contribution in [2.45, 2.75) is 20.1 Å². The first-order valence-electron chi connectivity index (χ1n) is 9.85. The second kappa shape index (κ2) is 8.87. The van der Waals surface area contributed by atoms with Gasteiger partial charge in [-0.2, -0.15) is 8.42 Å². The van der Waals surface area contributed by atoms with E-state index in [1.54, 1.807) is 48.7 Å². The number of methoxy groups -OCH3 is 1. The molecule has 2 aromatic heterocycles. The maximum absolute atomic E-state index is 12.7. The summed E-state index contributed by atoms with van der Waals surface area (Å²) < 4.78 is 41.4. The van der Waals surface area contributed by atoms with Gasteiger partial charge in [0, 0.05) is 18.5 Å². The van der Waals surface area contributed by atoms with Crippen LogP contribution in [0.4, 0.5) is 0 Å². The van der Waals surface area contributed by atoms with Crippen molar-refractivity contribution in [2.24, 2.45) is 4.40 Å². The Kier molecular flexibility index (Phi) is 5.97. The van der Waals surface area contributed by atoms with Gasteiger partial charge in [-0.1, -0.05) is 18.2 Å². The lowest BCUT2D eigenvalue weighted by Gasteiger charge is -2.23. The Morgan fingerprint density at radius 1 is 1.12 bits per heavy atom. The van der Waals surface area contributed by atoms with Gasteiger partial charge in [0.05, 0.1) is 30.6 Å². The van der Waals surface area contributed by atoms with Gasteiger partial charge in [0.1, 0.15) is 18.0 Å². The first kappa shape index (κ1) is 22.2. The van der Waals surface area contributed by atoms with E-state index in [1.807, 2.05) is 0 Å². The van der Waals surface area contributed by atoms with Gasteiger partial charge in [0.25, 0.3) is 5.56 Å². The van der Waals surface area contributed by atoms with Crippen molar-refractivity contribution in [3.8, 4) is 5.75 Å². The molecular formula is C22H20N4O6S. The number of esters is 1. The molecule has 0 saturated carbocycles. The predicted molar refractivity (Wildman–Crippen MR) is 120 cm³/mol. The zero-order valence-corrected chi connectivity index (χ0v) is 18.7. The van der Waals surface area contributed by atoms with Gasteiger partial charge in [-0.05, 0) is 36.8 Å². The first-order chi connectivity index (χ1) is 15.8. The average molecular weight is 468 g/mol. The number of carbonyl (C=O) groups excluding carboxylic acids is 1. The summed E-state index contributed by atoms with van der Waals surface area (Å²) in [5.74, 6) is -0.142. The van der Waals surface area contributed by atoms with Crippen molar-refractivity contribution in [1.29, 1.82) is 0 Å². The molecule has 10 nitrogen and oxygen atoms in total. The smallest absolute Gasteiger partial charge is 0.344 e. The molecule has 0 amide bonds. The second-order valence-corrected chi connectivity index (χ2v) is 8.73. The maximum atomic E-state index is 12.7. The van der Waals surface area contributed by atoms with Crippen LogP contribution in [-0.2, 0) is 32.9 Å². The van der Waals surface area contributed by atoms with Crippen molar-refractivity contribution in [2.75, 3.05) is 7.11 Å². The summed E-state index contributed by atoms with van der Waals surface area (Å²) >= 11 is 0. The van der Waals surface area contributed by atoms with Gasteiger partial charge in [0.2, 0.25) is 0 Å². The Morgan fingerprint density at radius 2 is 1.88 bits per heavy atom. The van der Waals surface area contributed by atoms with E-state index in [1.165, 1.54) is 30.7 Å². The molecular weight excluding hydrogens is 448 g/mol. The average Bonchev–Trinajstić information content (AvgIpc) is 2.79. The van der Waals surface area contributed by atoms with Gasteiger partial charge >= 0.3 is 16.2 Å². The third-order valence-electron chi connectivity index (χ3n) is 4.90. The Morgan fingerprint density at radius 3 is 2.61 bits per heavy atom. The molecule has 0 atom stereocenters. The standard InChI is InChI=1S/C22H20N4O6S/c1-15-19(13-25(33(29,30)24-15)12-16-6-8-18(31-2)9-7-16)22(28)32-14-17-11-21(27)26-10-4-3-5-20(26)23-17/h3-11,13H,12,14H2,1-2H3. The molecule has 3 aromatic rings. The summed E-state index contributed by atoms with van der Waals surface area (Å²) in [4.78, 5) is 29.2. The molecule has 0 N–H and O–H groups in total. The summed E-state index contributed by atoms with van der Waals surface area (Å²) in [5.41, 5.74) is 1.07. The normalized spacial score (nSPS) is 15.0. The van der Waals surface area contributed by atoms with E-state index in [0.29, 0.717) is 17.0 Å². The number of fused-ring (bicyclic) bond motifs is 1. The van der Waals surface area contributed by atoms with Crippen molar-refractivity contribution in [3.05, 3.63) is 88.1 Å². The molecule has 3 heterocycles. The monoisotopic (exact) mass is 468 g/mol. The zero-order valence-electron chi connectivity index (χ0n) is 17.8. The SMILES string of the molecule is COc1ccc(CN2C=C(C(=O)OCc3cc(=O)n4ccccc4n3)C(C)=NS2(=O)=O)cc1. The number of nitrogens with zero attached hydrogens (tertiary/aromatic N) is 4. The maximum Gasteiger partial charge on any atom is 0.344 e. The highest BCUT2D eigenvalue weighted by Gasteiger charge is 2.29. The summed E-state index contributed by atoms with van der Waals surface area (Å²) in [6.45, 7) is 1.13. The largest absolute Gasteiger partial charge is 0.497 e. The topological polar surface area (TPSA) is 120 Å². The van der Waals surface area contributed by atoms with Crippen LogP contribution in [0.2, 0.25) is 0 Å². The molecule has 0 unspecified atom stereocenters. The van der Waals surface area contributed by atoms with Crippen LogP contribution in [-0.4, -0.2) is 40.9 Å². The fourth-order valence-electron chi connectivity index (χ4n) is 3.21. The van der Waals surface area contributed by atoms with Gasteiger partial charge in [-0.3, -0.25) is 13.5 Å². The van der Waals surface area contributed by atoms with Crippen molar-refractivity contribution < 1.29 is 22.7 Å². The molecule has 11 heteroatoms. The Balaban J connectivity index is 1.53. The predicted octanol–water partition coefficient (Wildman–Crippen LogP) is 1.85. The van der Waals surface area contributed by atoms with Gasteiger partial charge < -0.3 is 9.47 Å². The molecule has 1 aromatic carbocycles. The van der Waals surface area contributed by atoms with Crippen LogP contribution in [0, 0.1) is 0 Å². The molecule has 0 aliphatic carbocycles. The number of pyridine rings is 1. The molecule has 170 valence electrons. The lowest BCUT2D eigenvalue weighted by atomic mass is 10.2. The van der Waals surface area contributed by atoms with E-state index >= 15 is 0 Å². The quantitative estimate of drug-likeness (QED) is 0.507. The zero-order chi connectivity index (χ0) is 23.6. The molecule has 0 fully saturated rings. The third kappa shape index (κ3) is 4.77. The van der Waals surface area contributed by atoms with Crippen LogP contribution in [0.15, 0.2) is 75.7 Å². The molecule has 0 spiro atoms. The van der Waals surface area contributed by atoms with E-state index in [9.17, 15) is 18.0 Å². The minimum Gasteiger partial charge on any atom is -0.497 e. The van der Waals surface area contributed by atoms with Crippen molar-refractivity contribution in [3.63, 3.8) is 0 Å². The minimum absolute atomic E-state index is 0.00384. The first-order valence-corrected chi connectivity index (χ1v) is 11.2. The summed E-state index contributed by atoms with van der Waals surface area (Å²) in [6.07, 6.45) is 2.79. The number of hydrogen-bond donors (Lipinski definition) is 0. The lowest BCUT2D eigenvalue weighted by molar-refractivity contribution is -0.139. The summed E-state index contributed by atoms with van der Waals surface area (Å²) in [5, 5.41) is 0. The van der Waals surface area contributed by atoms with Crippen molar-refractivity contribution >= 4 is 27.5 Å². The van der Waals surface area contributed by atoms with Gasteiger partial charge in [-0.25, -0.2) is 9.78 Å². The highest BCUT2D eigenvalue weighted by Crippen LogP contribution is 2.21. The van der Waals surface area contributed by atoms with Gasteiger partial charge in [0.15, 0.2) is 0 Å². The molecule has 4 rings (SSSR count). The molecule has 1 aliphatic rings. The Labute approximate surface area is 189 Å². The van der Waals surface area contributed by atoms with Gasteiger partial charge in [-0.15, -0.1) is 4.40 Å². The highest BCUT2D eigenvalue weighted by atomic mass is 32.2. The number of carbonyl (C=O) groups is 1. The number of hydrogen-bond acceptors (Lipinski definition) is 7. The Bertz CT molecular complexity index is 1440. The number of ether oxygens (including phenoxy) is 2. The Hall–Kier alpha value is -3.99. The van der Waals surface area contributed by atoms with E-state index < -0.39 is 16.2 Å². The van der Waals surface area contributed by atoms with Crippen molar-refractivity contribution in [1.82, 2.24) is 13.7 Å². The van der Waals surface area contributed by atoms with Crippen LogP contribution in [0.5, 0.6) is 5.75 Å². The number of rotatable bonds is 6. The van der Waals surface area contributed by atoms with Crippen LogP contribution in [0.25, 0.3) is 5.65 Å². The molecule has 0 saturated heterocycles. The van der Waals surface area contributed by atoms with Crippen LogP contribution < -0.4 is 10.3 Å². The number of aromatic nitrogens is 2. The lowest BCUT2D eigenvalue weighted by Crippen LogP contribution is -2.31. The highest BCUT2D eigenvalue weighted by molar-refractivity contribution is 7.88. The summed E-state index contributed by atoms with van der Waals surface area (Å²) in [7, 11) is -2.47. The third-order valence-corrected chi connectivity index (χ3v) is 6.24. The van der Waals surface area contributed by atoms with Crippen LogP contribution >= 0.6 is 0 Å².